The van der Waals surface area contributed by atoms with Crippen LogP contribution in [-0.4, -0.2) is 5.11 Å². The Morgan fingerprint density at radius 1 is 1.31 bits per heavy atom. The zero-order valence-electron chi connectivity index (χ0n) is 8.97. The van der Waals surface area contributed by atoms with Gasteiger partial charge in [-0.15, -0.1) is 11.3 Å². The molecule has 3 aliphatic rings. The van der Waals surface area contributed by atoms with Crippen LogP contribution in [0.2, 0.25) is 0 Å². The van der Waals surface area contributed by atoms with Gasteiger partial charge in [-0.1, -0.05) is 0 Å². The lowest BCUT2D eigenvalue weighted by Crippen LogP contribution is -2.07. The predicted octanol–water partition coefficient (Wildman–Crippen LogP) is 3.84. The van der Waals surface area contributed by atoms with Crippen molar-refractivity contribution in [2.45, 2.75) is 25.4 Å². The molecule has 4 rings (SSSR count). The average molecular weight is 299 g/mol. The molecule has 3 saturated carbocycles. The van der Waals surface area contributed by atoms with Crippen molar-refractivity contribution in [3.8, 4) is 0 Å². The fourth-order valence-electron chi connectivity index (χ4n) is 4.51. The SMILES string of the molecule is OC(c1sccc1Br)C1C2C3CCC(C3)C21. The summed E-state index contributed by atoms with van der Waals surface area (Å²) in [7, 11) is 0. The van der Waals surface area contributed by atoms with Gasteiger partial charge in [0.05, 0.1) is 6.10 Å². The van der Waals surface area contributed by atoms with Crippen LogP contribution in [0, 0.1) is 29.6 Å². The first-order valence-corrected chi connectivity index (χ1v) is 7.85. The summed E-state index contributed by atoms with van der Waals surface area (Å²) in [4.78, 5) is 1.15. The van der Waals surface area contributed by atoms with E-state index in [2.05, 4.69) is 27.4 Å². The van der Waals surface area contributed by atoms with Gasteiger partial charge in [-0.05, 0) is 76.2 Å². The molecule has 0 amide bonds. The lowest BCUT2D eigenvalue weighted by molar-refractivity contribution is 0.133. The van der Waals surface area contributed by atoms with Gasteiger partial charge >= 0.3 is 0 Å². The maximum absolute atomic E-state index is 10.5. The Bertz CT molecular complexity index is 413. The molecule has 5 unspecified atom stereocenters. The fraction of sp³-hybridized carbons (Fsp3) is 0.692. The predicted molar refractivity (Wildman–Crippen MR) is 68.3 cm³/mol. The molecule has 1 aromatic heterocycles. The molecule has 3 aliphatic carbocycles. The number of thiophene rings is 1. The van der Waals surface area contributed by atoms with Gasteiger partial charge in [-0.2, -0.15) is 0 Å². The van der Waals surface area contributed by atoms with Crippen LogP contribution >= 0.6 is 27.3 Å². The number of rotatable bonds is 2. The van der Waals surface area contributed by atoms with E-state index >= 15 is 0 Å². The van der Waals surface area contributed by atoms with E-state index < -0.39 is 0 Å². The van der Waals surface area contributed by atoms with Gasteiger partial charge in [0, 0.05) is 9.35 Å². The summed E-state index contributed by atoms with van der Waals surface area (Å²) in [6.07, 6.45) is 4.12. The van der Waals surface area contributed by atoms with Crippen LogP contribution in [0.25, 0.3) is 0 Å². The first kappa shape index (κ1) is 10.1. The molecule has 3 heteroatoms. The third kappa shape index (κ3) is 1.20. The molecule has 1 N–H and O–H groups in total. The molecule has 0 aliphatic heterocycles. The third-order valence-electron chi connectivity index (χ3n) is 5.07. The second-order valence-electron chi connectivity index (χ2n) is 5.64. The molecular weight excluding hydrogens is 284 g/mol. The van der Waals surface area contributed by atoms with E-state index in [4.69, 9.17) is 0 Å². The molecule has 86 valence electrons. The highest BCUT2D eigenvalue weighted by atomic mass is 79.9. The van der Waals surface area contributed by atoms with Gasteiger partial charge in [0.25, 0.3) is 0 Å². The van der Waals surface area contributed by atoms with Gasteiger partial charge in [0.2, 0.25) is 0 Å². The van der Waals surface area contributed by atoms with E-state index in [-0.39, 0.29) is 6.10 Å². The Labute approximate surface area is 108 Å². The Hall–Kier alpha value is 0.140. The highest BCUT2D eigenvalue weighted by Crippen LogP contribution is 2.72. The van der Waals surface area contributed by atoms with Crippen molar-refractivity contribution in [1.29, 1.82) is 0 Å². The number of aliphatic hydroxyl groups excluding tert-OH is 1. The van der Waals surface area contributed by atoms with Crippen molar-refractivity contribution in [2.75, 3.05) is 0 Å². The van der Waals surface area contributed by atoms with E-state index in [1.807, 2.05) is 0 Å². The first-order chi connectivity index (χ1) is 7.77. The van der Waals surface area contributed by atoms with Gasteiger partial charge in [0.15, 0.2) is 0 Å². The Morgan fingerprint density at radius 2 is 2.00 bits per heavy atom. The average Bonchev–Trinajstić information content (AvgIpc) is 2.67. The summed E-state index contributed by atoms with van der Waals surface area (Å²) in [5, 5.41) is 12.5. The summed E-state index contributed by atoms with van der Waals surface area (Å²) in [5.41, 5.74) is 0. The van der Waals surface area contributed by atoms with Crippen LogP contribution in [-0.2, 0) is 0 Å². The van der Waals surface area contributed by atoms with Gasteiger partial charge in [-0.3, -0.25) is 0 Å². The minimum atomic E-state index is -0.201. The first-order valence-electron chi connectivity index (χ1n) is 6.18. The van der Waals surface area contributed by atoms with Crippen molar-refractivity contribution >= 4 is 27.3 Å². The summed E-state index contributed by atoms with van der Waals surface area (Å²) in [6, 6.07) is 2.05. The molecular formula is C13H15BrOS. The van der Waals surface area contributed by atoms with Crippen LogP contribution in [0.3, 0.4) is 0 Å². The van der Waals surface area contributed by atoms with Crippen LogP contribution in [0.1, 0.15) is 30.2 Å². The number of hydrogen-bond acceptors (Lipinski definition) is 2. The normalized spacial score (nSPS) is 45.8. The molecule has 1 aromatic rings. The second kappa shape index (κ2) is 3.33. The quantitative estimate of drug-likeness (QED) is 0.880. The van der Waals surface area contributed by atoms with Crippen LogP contribution < -0.4 is 0 Å². The Morgan fingerprint density at radius 3 is 2.56 bits per heavy atom. The largest absolute Gasteiger partial charge is 0.387 e. The highest BCUT2D eigenvalue weighted by Gasteiger charge is 2.67. The number of aliphatic hydroxyl groups is 1. The summed E-state index contributed by atoms with van der Waals surface area (Å²) >= 11 is 5.23. The summed E-state index contributed by atoms with van der Waals surface area (Å²) < 4.78 is 1.10. The van der Waals surface area contributed by atoms with E-state index in [0.717, 1.165) is 33.0 Å². The van der Waals surface area contributed by atoms with Gasteiger partial charge < -0.3 is 5.11 Å². The number of fused-ring (bicyclic) bond motifs is 5. The van der Waals surface area contributed by atoms with Crippen molar-refractivity contribution in [3.05, 3.63) is 20.8 Å². The van der Waals surface area contributed by atoms with Crippen molar-refractivity contribution in [1.82, 2.24) is 0 Å². The molecule has 16 heavy (non-hydrogen) atoms. The molecule has 0 radical (unpaired) electrons. The smallest absolute Gasteiger partial charge is 0.0927 e. The van der Waals surface area contributed by atoms with Crippen molar-refractivity contribution in [2.24, 2.45) is 29.6 Å². The van der Waals surface area contributed by atoms with E-state index in [9.17, 15) is 5.11 Å². The molecule has 0 spiro atoms. The monoisotopic (exact) mass is 298 g/mol. The van der Waals surface area contributed by atoms with Crippen LogP contribution in [0.5, 0.6) is 0 Å². The van der Waals surface area contributed by atoms with Gasteiger partial charge in [-0.25, -0.2) is 0 Å². The lowest BCUT2D eigenvalue weighted by Gasteiger charge is -2.14. The molecule has 3 fully saturated rings. The van der Waals surface area contributed by atoms with Gasteiger partial charge in [0.1, 0.15) is 0 Å². The van der Waals surface area contributed by atoms with E-state index in [1.54, 1.807) is 11.3 Å². The standard InChI is InChI=1S/C13H15BrOS/c14-8-3-4-16-13(8)12(15)11-9-6-1-2-7(5-6)10(9)11/h3-4,6-7,9-12,15H,1-2,5H2. The highest BCUT2D eigenvalue weighted by molar-refractivity contribution is 9.10. The maximum Gasteiger partial charge on any atom is 0.0927 e. The van der Waals surface area contributed by atoms with Crippen LogP contribution in [0.15, 0.2) is 15.9 Å². The van der Waals surface area contributed by atoms with E-state index in [1.165, 1.54) is 19.3 Å². The van der Waals surface area contributed by atoms with E-state index in [0.29, 0.717) is 5.92 Å². The maximum atomic E-state index is 10.5. The zero-order valence-corrected chi connectivity index (χ0v) is 11.4. The zero-order chi connectivity index (χ0) is 10.9. The molecule has 1 nitrogen and oxygen atoms in total. The molecule has 5 atom stereocenters. The summed E-state index contributed by atoms with van der Waals surface area (Å²) in [6.45, 7) is 0. The topological polar surface area (TPSA) is 20.2 Å². The third-order valence-corrected chi connectivity index (χ3v) is 7.01. The van der Waals surface area contributed by atoms with Crippen molar-refractivity contribution in [3.63, 3.8) is 0 Å². The molecule has 0 aromatic carbocycles. The van der Waals surface area contributed by atoms with Crippen molar-refractivity contribution < 1.29 is 5.11 Å². The summed E-state index contributed by atoms with van der Waals surface area (Å²) in [5.74, 6) is 4.22. The minimum absolute atomic E-state index is 0.201. The fourth-order valence-corrected chi connectivity index (χ4v) is 6.16. The number of halogens is 1. The molecule has 2 bridgehead atoms. The lowest BCUT2D eigenvalue weighted by atomic mass is 9.98. The van der Waals surface area contributed by atoms with Crippen LogP contribution in [0.4, 0.5) is 0 Å². The Kier molecular flexibility index (Phi) is 2.10. The number of hydrogen-bond donors (Lipinski definition) is 1. The second-order valence-corrected chi connectivity index (χ2v) is 7.44. The Balaban J connectivity index is 1.59. The molecule has 1 heterocycles. The minimum Gasteiger partial charge on any atom is -0.387 e. The molecule has 0 saturated heterocycles.